The van der Waals surface area contributed by atoms with Gasteiger partial charge < -0.3 is 14.8 Å². The molecule has 1 atom stereocenters. The molecule has 1 unspecified atom stereocenters. The summed E-state index contributed by atoms with van der Waals surface area (Å²) in [6.45, 7) is 1.74. The molecule has 6 rings (SSSR count). The molecule has 1 aliphatic rings. The van der Waals surface area contributed by atoms with Crippen LogP contribution < -0.4 is 5.32 Å². The minimum atomic E-state index is -0.209. The van der Waals surface area contributed by atoms with Crippen LogP contribution in [0.2, 0.25) is 10.0 Å². The second-order valence-electron chi connectivity index (χ2n) is 8.18. The van der Waals surface area contributed by atoms with Crippen LogP contribution in [0.3, 0.4) is 0 Å². The first-order valence-electron chi connectivity index (χ1n) is 10.7. The third-order valence-corrected chi connectivity index (χ3v) is 6.87. The molecule has 5 heterocycles. The fourth-order valence-corrected chi connectivity index (χ4v) is 5.11. The molecule has 0 amide bonds. The van der Waals surface area contributed by atoms with E-state index in [1.165, 1.54) is 0 Å². The van der Waals surface area contributed by atoms with Crippen molar-refractivity contribution in [3.8, 4) is 22.4 Å². The van der Waals surface area contributed by atoms with Crippen molar-refractivity contribution in [1.82, 2.24) is 29.5 Å². The summed E-state index contributed by atoms with van der Waals surface area (Å²) in [7, 11) is 0. The Balaban J connectivity index is 1.53. The summed E-state index contributed by atoms with van der Waals surface area (Å²) in [6.07, 6.45) is 8.74. The Morgan fingerprint density at radius 1 is 1.12 bits per heavy atom. The van der Waals surface area contributed by atoms with E-state index in [2.05, 4.69) is 27.7 Å². The van der Waals surface area contributed by atoms with Gasteiger partial charge in [0.15, 0.2) is 0 Å². The highest BCUT2D eigenvalue weighted by atomic mass is 35.5. The number of pyridine rings is 2. The first kappa shape index (κ1) is 20.6. The standard InChI is InChI=1S/C24H20Cl2N6O/c25-18-2-1-3-19(26)22(18)23-21(13-33)31-7-5-20-17(24(31)30-23)8-14(9-28-20)15-10-29-32(12-15)16-4-6-27-11-16/h1-3,5,7-10,12,16,27,33H,4,6,11,13H2. The number of aliphatic hydroxyl groups excluding tert-OH is 1. The maximum atomic E-state index is 10.2. The lowest BCUT2D eigenvalue weighted by atomic mass is 10.1. The summed E-state index contributed by atoms with van der Waals surface area (Å²) in [6, 6.07) is 9.68. The van der Waals surface area contributed by atoms with Crippen LogP contribution in [0.25, 0.3) is 38.9 Å². The van der Waals surface area contributed by atoms with Crippen molar-refractivity contribution in [2.24, 2.45) is 0 Å². The van der Waals surface area contributed by atoms with Crippen molar-refractivity contribution in [1.29, 1.82) is 0 Å². The second-order valence-corrected chi connectivity index (χ2v) is 9.00. The van der Waals surface area contributed by atoms with Gasteiger partial charge in [-0.3, -0.25) is 9.67 Å². The Morgan fingerprint density at radius 3 is 2.73 bits per heavy atom. The van der Waals surface area contributed by atoms with Crippen molar-refractivity contribution >= 4 is 39.8 Å². The smallest absolute Gasteiger partial charge is 0.147 e. The minimum absolute atomic E-state index is 0.209. The zero-order chi connectivity index (χ0) is 22.5. The van der Waals surface area contributed by atoms with Gasteiger partial charge in [0.25, 0.3) is 0 Å². The second kappa shape index (κ2) is 8.11. The lowest BCUT2D eigenvalue weighted by Crippen LogP contribution is -2.13. The summed E-state index contributed by atoms with van der Waals surface area (Å²) < 4.78 is 3.90. The molecule has 9 heteroatoms. The number of aliphatic hydroxyl groups is 1. The summed E-state index contributed by atoms with van der Waals surface area (Å²) in [5.74, 6) is 0. The number of rotatable bonds is 4. The number of fused-ring (bicyclic) bond motifs is 3. The molecule has 33 heavy (non-hydrogen) atoms. The Hall–Kier alpha value is -2.97. The lowest BCUT2D eigenvalue weighted by Gasteiger charge is -2.08. The molecule has 1 aliphatic heterocycles. The van der Waals surface area contributed by atoms with Crippen LogP contribution in [0.15, 0.2) is 55.1 Å². The van der Waals surface area contributed by atoms with E-state index in [1.54, 1.807) is 18.2 Å². The van der Waals surface area contributed by atoms with Gasteiger partial charge in [0.2, 0.25) is 0 Å². The molecule has 5 aromatic rings. The Bertz CT molecular complexity index is 1480. The summed E-state index contributed by atoms with van der Waals surface area (Å²) in [5, 5.41) is 20.0. The molecular formula is C24H20Cl2N6O. The van der Waals surface area contributed by atoms with Crippen LogP contribution in [0.4, 0.5) is 0 Å². The largest absolute Gasteiger partial charge is 0.390 e. The number of nitrogens with zero attached hydrogens (tertiary/aromatic N) is 5. The molecule has 0 bridgehead atoms. The molecule has 2 N–H and O–H groups in total. The highest BCUT2D eigenvalue weighted by molar-refractivity contribution is 6.39. The van der Waals surface area contributed by atoms with Crippen molar-refractivity contribution < 1.29 is 5.11 Å². The van der Waals surface area contributed by atoms with Gasteiger partial charge in [-0.2, -0.15) is 5.10 Å². The third-order valence-electron chi connectivity index (χ3n) is 6.24. The molecular weight excluding hydrogens is 459 g/mol. The quantitative estimate of drug-likeness (QED) is 0.389. The van der Waals surface area contributed by atoms with Gasteiger partial charge in [-0.1, -0.05) is 29.3 Å². The Morgan fingerprint density at radius 2 is 1.97 bits per heavy atom. The molecule has 0 radical (unpaired) electrons. The first-order chi connectivity index (χ1) is 16.1. The molecule has 1 fully saturated rings. The Labute approximate surface area is 199 Å². The molecule has 1 aromatic carbocycles. The van der Waals surface area contributed by atoms with E-state index in [0.29, 0.717) is 38.7 Å². The zero-order valence-electron chi connectivity index (χ0n) is 17.5. The average Bonchev–Trinajstić information content (AvgIpc) is 3.57. The number of imidazole rings is 1. The molecule has 4 aromatic heterocycles. The van der Waals surface area contributed by atoms with E-state index in [0.717, 1.165) is 41.5 Å². The fourth-order valence-electron chi connectivity index (χ4n) is 4.53. The monoisotopic (exact) mass is 478 g/mol. The number of benzene rings is 1. The van der Waals surface area contributed by atoms with Crippen LogP contribution in [0.1, 0.15) is 18.2 Å². The van der Waals surface area contributed by atoms with Gasteiger partial charge in [-0.15, -0.1) is 0 Å². The first-order valence-corrected chi connectivity index (χ1v) is 11.5. The minimum Gasteiger partial charge on any atom is -0.390 e. The van der Waals surface area contributed by atoms with Crippen molar-refractivity contribution in [2.45, 2.75) is 19.1 Å². The molecule has 7 nitrogen and oxygen atoms in total. The van der Waals surface area contributed by atoms with Crippen LogP contribution in [0.5, 0.6) is 0 Å². The summed E-state index contributed by atoms with van der Waals surface area (Å²) in [5.41, 5.74) is 5.24. The van der Waals surface area contributed by atoms with Gasteiger partial charge in [0, 0.05) is 47.2 Å². The van der Waals surface area contributed by atoms with E-state index in [1.807, 2.05) is 33.7 Å². The topological polar surface area (TPSA) is 80.3 Å². The normalized spacial score (nSPS) is 16.3. The summed E-state index contributed by atoms with van der Waals surface area (Å²) >= 11 is 12.9. The van der Waals surface area contributed by atoms with Crippen LogP contribution in [-0.4, -0.2) is 42.3 Å². The average molecular weight is 479 g/mol. The summed E-state index contributed by atoms with van der Waals surface area (Å²) in [4.78, 5) is 9.54. The Kier molecular flexibility index (Phi) is 5.07. The fraction of sp³-hybridized carbons (Fsp3) is 0.208. The van der Waals surface area contributed by atoms with E-state index < -0.39 is 0 Å². The highest BCUT2D eigenvalue weighted by Crippen LogP contribution is 2.37. The molecule has 1 saturated heterocycles. The molecule has 166 valence electrons. The predicted octanol–water partition coefficient (Wildman–Crippen LogP) is 4.75. The molecule has 0 aliphatic carbocycles. The lowest BCUT2D eigenvalue weighted by molar-refractivity contribution is 0.276. The van der Waals surface area contributed by atoms with E-state index in [9.17, 15) is 5.11 Å². The van der Waals surface area contributed by atoms with Crippen LogP contribution >= 0.6 is 23.2 Å². The van der Waals surface area contributed by atoms with Gasteiger partial charge in [-0.05, 0) is 37.2 Å². The number of hydrogen-bond donors (Lipinski definition) is 2. The molecule has 0 saturated carbocycles. The third kappa shape index (κ3) is 3.40. The van der Waals surface area contributed by atoms with E-state index in [-0.39, 0.29) is 6.61 Å². The van der Waals surface area contributed by atoms with Crippen LogP contribution in [-0.2, 0) is 6.61 Å². The van der Waals surface area contributed by atoms with Gasteiger partial charge in [0.05, 0.1) is 45.8 Å². The number of nitrogens with one attached hydrogen (secondary N) is 1. The maximum Gasteiger partial charge on any atom is 0.147 e. The SMILES string of the molecule is OCc1c(-c2c(Cl)cccc2Cl)nc2c3cc(-c4cnn(C5CCNC5)c4)cnc3ccn12. The van der Waals surface area contributed by atoms with Crippen LogP contribution in [0, 0.1) is 0 Å². The highest BCUT2D eigenvalue weighted by Gasteiger charge is 2.21. The van der Waals surface area contributed by atoms with Gasteiger partial charge >= 0.3 is 0 Å². The van der Waals surface area contributed by atoms with Gasteiger partial charge in [-0.25, -0.2) is 4.98 Å². The maximum absolute atomic E-state index is 10.2. The molecule has 0 spiro atoms. The zero-order valence-corrected chi connectivity index (χ0v) is 19.1. The predicted molar refractivity (Wildman–Crippen MR) is 130 cm³/mol. The van der Waals surface area contributed by atoms with Gasteiger partial charge in [0.1, 0.15) is 5.65 Å². The van der Waals surface area contributed by atoms with E-state index in [4.69, 9.17) is 28.2 Å². The van der Waals surface area contributed by atoms with Crippen molar-refractivity contribution in [2.75, 3.05) is 13.1 Å². The van der Waals surface area contributed by atoms with Crippen molar-refractivity contribution in [3.05, 3.63) is 70.9 Å². The van der Waals surface area contributed by atoms with Crippen molar-refractivity contribution in [3.63, 3.8) is 0 Å². The van der Waals surface area contributed by atoms with E-state index >= 15 is 0 Å². The number of halogens is 2. The number of aromatic nitrogens is 5. The number of hydrogen-bond acceptors (Lipinski definition) is 5.